The van der Waals surface area contributed by atoms with Crippen LogP contribution >= 0.6 is 0 Å². The number of benzene rings is 1. The van der Waals surface area contributed by atoms with Gasteiger partial charge in [-0.05, 0) is 36.6 Å². The summed E-state index contributed by atoms with van der Waals surface area (Å²) in [5.41, 5.74) is 2.18. The maximum Gasteiger partial charge on any atom is 0.345 e. The minimum atomic E-state index is -2.69. The maximum atomic E-state index is 12.2. The summed E-state index contributed by atoms with van der Waals surface area (Å²) in [4.78, 5) is 6.18. The van der Waals surface area contributed by atoms with Crippen molar-refractivity contribution in [2.45, 2.75) is 30.5 Å². The number of alkyl halides is 2. The number of aromatic amines is 1. The third kappa shape index (κ3) is 3.97. The van der Waals surface area contributed by atoms with Gasteiger partial charge in [0.05, 0.1) is 6.10 Å². The molecule has 7 heteroatoms. The van der Waals surface area contributed by atoms with Gasteiger partial charge in [0.1, 0.15) is 0 Å². The number of H-pyrrole nitrogens is 1. The molecule has 23 heavy (non-hydrogen) atoms. The van der Waals surface area contributed by atoms with E-state index in [4.69, 9.17) is 0 Å². The molecular formula is C16H20F2N2O2S. The van der Waals surface area contributed by atoms with E-state index in [2.05, 4.69) is 14.6 Å². The lowest BCUT2D eigenvalue weighted by Gasteiger charge is -2.15. The molecule has 1 saturated heterocycles. The van der Waals surface area contributed by atoms with Crippen LogP contribution in [0, 0.1) is 0 Å². The van der Waals surface area contributed by atoms with Crippen LogP contribution in [-0.4, -0.2) is 52.7 Å². The van der Waals surface area contributed by atoms with Crippen LogP contribution in [0.5, 0.6) is 0 Å². The van der Waals surface area contributed by atoms with Gasteiger partial charge in [-0.25, -0.2) is 0 Å². The number of hydrogen-bond donors (Lipinski definition) is 1. The van der Waals surface area contributed by atoms with Crippen molar-refractivity contribution in [2.75, 3.05) is 25.9 Å². The molecular weight excluding hydrogens is 322 g/mol. The Morgan fingerprint density at radius 3 is 3.04 bits per heavy atom. The van der Waals surface area contributed by atoms with Gasteiger partial charge in [0.2, 0.25) is 0 Å². The molecule has 0 radical (unpaired) electrons. The molecule has 1 N–H and O–H groups in total. The zero-order valence-corrected chi connectivity index (χ0v) is 13.7. The van der Waals surface area contributed by atoms with Gasteiger partial charge in [-0.15, -0.1) is 0 Å². The third-order valence-corrected chi connectivity index (χ3v) is 5.21. The van der Waals surface area contributed by atoms with Crippen LogP contribution in [-0.2, 0) is 22.0 Å². The number of ether oxygens (including phenoxy) is 1. The van der Waals surface area contributed by atoms with Crippen LogP contribution in [0.1, 0.15) is 12.0 Å². The number of fused-ring (bicyclic) bond motifs is 1. The van der Waals surface area contributed by atoms with Crippen LogP contribution in [0.2, 0.25) is 0 Å². The van der Waals surface area contributed by atoms with Crippen molar-refractivity contribution < 1.29 is 17.7 Å². The van der Waals surface area contributed by atoms with Crippen LogP contribution in [0.4, 0.5) is 8.78 Å². The van der Waals surface area contributed by atoms with E-state index in [9.17, 15) is 13.0 Å². The largest absolute Gasteiger partial charge is 0.361 e. The smallest absolute Gasteiger partial charge is 0.345 e. The molecule has 4 nitrogen and oxygen atoms in total. The number of nitrogens with one attached hydrogen (secondary N) is 1. The van der Waals surface area contributed by atoms with Crippen LogP contribution in [0.15, 0.2) is 29.3 Å². The van der Waals surface area contributed by atoms with E-state index in [0.29, 0.717) is 13.0 Å². The van der Waals surface area contributed by atoms with Gasteiger partial charge in [0.15, 0.2) is 0 Å². The first kappa shape index (κ1) is 16.5. The summed E-state index contributed by atoms with van der Waals surface area (Å²) in [5.74, 6) is 0. The fraction of sp³-hybridized carbons (Fsp3) is 0.500. The van der Waals surface area contributed by atoms with Gasteiger partial charge in [-0.1, -0.05) is 0 Å². The van der Waals surface area contributed by atoms with Crippen LogP contribution < -0.4 is 0 Å². The van der Waals surface area contributed by atoms with Crippen molar-refractivity contribution in [1.82, 2.24) is 9.88 Å². The second-order valence-electron chi connectivity index (χ2n) is 5.83. The second-order valence-corrected chi connectivity index (χ2v) is 7.21. The number of hydrogen-bond acceptors (Lipinski definition) is 3. The van der Waals surface area contributed by atoms with Gasteiger partial charge in [0.25, 0.3) is 0 Å². The molecule has 0 bridgehead atoms. The minimum Gasteiger partial charge on any atom is -0.361 e. The molecule has 0 aliphatic carbocycles. The Hall–Kier alpha value is -1.31. The highest BCUT2D eigenvalue weighted by molar-refractivity contribution is 7.84. The van der Waals surface area contributed by atoms with Crippen molar-refractivity contribution >= 4 is 21.7 Å². The predicted molar refractivity (Wildman–Crippen MR) is 86.3 cm³/mol. The SMILES string of the molecule is CS(=O)c1ccc2[nH]cc(CCN3CC[C@H](OC(F)F)C3)c2c1. The molecule has 2 heterocycles. The Morgan fingerprint density at radius 2 is 2.30 bits per heavy atom. The molecule has 3 rings (SSSR count). The molecule has 2 atom stereocenters. The highest BCUT2D eigenvalue weighted by atomic mass is 32.2. The summed E-state index contributed by atoms with van der Waals surface area (Å²) in [7, 11) is -1.01. The molecule has 1 aliphatic heterocycles. The normalized spacial score (nSPS) is 20.6. The number of likely N-dealkylation sites (tertiary alicyclic amines) is 1. The maximum absolute atomic E-state index is 12.2. The van der Waals surface area contributed by atoms with E-state index in [1.165, 1.54) is 0 Å². The number of rotatable bonds is 6. The Morgan fingerprint density at radius 1 is 1.48 bits per heavy atom. The number of nitrogens with zero attached hydrogens (tertiary/aromatic N) is 1. The second kappa shape index (κ2) is 7.07. The molecule has 126 valence electrons. The van der Waals surface area contributed by atoms with Crippen molar-refractivity contribution in [3.8, 4) is 0 Å². The Kier molecular flexibility index (Phi) is 5.08. The molecule has 1 aliphatic rings. The highest BCUT2D eigenvalue weighted by Crippen LogP contribution is 2.23. The van der Waals surface area contributed by atoms with E-state index in [0.717, 1.165) is 40.9 Å². The first-order valence-electron chi connectivity index (χ1n) is 7.62. The monoisotopic (exact) mass is 342 g/mol. The lowest BCUT2D eigenvalue weighted by molar-refractivity contribution is -0.158. The molecule has 1 fully saturated rings. The lowest BCUT2D eigenvalue weighted by atomic mass is 10.1. The molecule has 1 aromatic heterocycles. The quantitative estimate of drug-likeness (QED) is 0.878. The van der Waals surface area contributed by atoms with Gasteiger partial charge in [0, 0.05) is 58.7 Å². The first-order valence-corrected chi connectivity index (χ1v) is 9.18. The Balaban J connectivity index is 1.63. The number of aromatic nitrogens is 1. The molecule has 0 spiro atoms. The molecule has 0 saturated carbocycles. The van der Waals surface area contributed by atoms with Gasteiger partial charge in [-0.2, -0.15) is 8.78 Å². The van der Waals surface area contributed by atoms with E-state index < -0.39 is 17.4 Å². The van der Waals surface area contributed by atoms with Crippen molar-refractivity contribution in [1.29, 1.82) is 0 Å². The topological polar surface area (TPSA) is 45.3 Å². The van der Waals surface area contributed by atoms with Crippen molar-refractivity contribution in [3.05, 3.63) is 30.0 Å². The minimum absolute atomic E-state index is 0.368. The van der Waals surface area contributed by atoms with Crippen molar-refractivity contribution in [2.24, 2.45) is 0 Å². The van der Waals surface area contributed by atoms with E-state index in [-0.39, 0.29) is 6.10 Å². The molecule has 2 aromatic rings. The fourth-order valence-electron chi connectivity index (χ4n) is 3.08. The Labute approximate surface area is 136 Å². The van der Waals surface area contributed by atoms with Crippen LogP contribution in [0.25, 0.3) is 10.9 Å². The fourth-order valence-corrected chi connectivity index (χ4v) is 3.62. The summed E-state index contributed by atoms with van der Waals surface area (Å²) in [5, 5.41) is 1.08. The lowest BCUT2D eigenvalue weighted by Crippen LogP contribution is -2.26. The van der Waals surface area contributed by atoms with Crippen LogP contribution in [0.3, 0.4) is 0 Å². The summed E-state index contributed by atoms with van der Waals surface area (Å²) >= 11 is 0. The highest BCUT2D eigenvalue weighted by Gasteiger charge is 2.25. The predicted octanol–water partition coefficient (Wildman–Crippen LogP) is 2.76. The summed E-state index contributed by atoms with van der Waals surface area (Å²) < 4.78 is 40.7. The van der Waals surface area contributed by atoms with Gasteiger partial charge < -0.3 is 14.6 Å². The molecule has 1 unspecified atom stereocenters. The van der Waals surface area contributed by atoms with Crippen molar-refractivity contribution in [3.63, 3.8) is 0 Å². The zero-order chi connectivity index (χ0) is 16.4. The first-order chi connectivity index (χ1) is 11.0. The third-order valence-electron chi connectivity index (χ3n) is 4.29. The molecule has 1 aromatic carbocycles. The van der Waals surface area contributed by atoms with Gasteiger partial charge in [-0.3, -0.25) is 4.21 Å². The average Bonchev–Trinajstić information content (AvgIpc) is 3.10. The molecule has 0 amide bonds. The van der Waals surface area contributed by atoms with Gasteiger partial charge >= 0.3 is 6.61 Å². The number of halogens is 2. The average molecular weight is 342 g/mol. The zero-order valence-electron chi connectivity index (χ0n) is 12.9. The summed E-state index contributed by atoms with van der Waals surface area (Å²) in [6.07, 6.45) is 4.74. The summed E-state index contributed by atoms with van der Waals surface area (Å²) in [6.45, 7) is -0.557. The summed E-state index contributed by atoms with van der Waals surface area (Å²) in [6, 6.07) is 5.77. The Bertz CT molecular complexity index is 704. The van der Waals surface area contributed by atoms with E-state index in [1.807, 2.05) is 24.4 Å². The van der Waals surface area contributed by atoms with E-state index >= 15 is 0 Å². The standard InChI is InChI=1S/C16H20F2N2O2S/c1-23(21)13-2-3-15-14(8-13)11(9-19-15)4-6-20-7-5-12(10-20)22-16(17)18/h2-3,8-9,12,16,19H,4-7,10H2,1H3/t12-,23?/m0/s1. The van der Waals surface area contributed by atoms with E-state index in [1.54, 1.807) is 6.26 Å².